The third-order valence-corrected chi connectivity index (χ3v) is 2.91. The van der Waals surface area contributed by atoms with Gasteiger partial charge in [-0.1, -0.05) is 18.2 Å². The Bertz CT molecular complexity index is 322. The van der Waals surface area contributed by atoms with E-state index < -0.39 is 6.10 Å². The number of fused-ring (bicyclic) bond motifs is 1. The first-order valence-electron chi connectivity index (χ1n) is 5.28. The lowest BCUT2D eigenvalue weighted by Gasteiger charge is -2.09. The van der Waals surface area contributed by atoms with Gasteiger partial charge in [0, 0.05) is 6.54 Å². The van der Waals surface area contributed by atoms with Crippen molar-refractivity contribution in [1.29, 1.82) is 0 Å². The number of nitrogens with two attached hydrogens (primary N) is 1. The Labute approximate surface area is 84.7 Å². The molecule has 1 aliphatic carbocycles. The van der Waals surface area contributed by atoms with Crippen LogP contribution in [0.4, 0.5) is 0 Å². The molecule has 3 N–H and O–H groups in total. The van der Waals surface area contributed by atoms with Crippen LogP contribution >= 0.6 is 0 Å². The van der Waals surface area contributed by atoms with Crippen LogP contribution in [0.1, 0.15) is 23.1 Å². The van der Waals surface area contributed by atoms with Gasteiger partial charge in [-0.05, 0) is 42.4 Å². The summed E-state index contributed by atoms with van der Waals surface area (Å²) in [5.74, 6) is 0. The zero-order valence-corrected chi connectivity index (χ0v) is 8.37. The Hall–Kier alpha value is -0.860. The second-order valence-electron chi connectivity index (χ2n) is 4.05. The molecular weight excluding hydrogens is 174 g/mol. The molecule has 14 heavy (non-hydrogen) atoms. The van der Waals surface area contributed by atoms with E-state index in [0.29, 0.717) is 13.0 Å². The predicted octanol–water partition coefficient (Wildman–Crippen LogP) is 1.04. The van der Waals surface area contributed by atoms with Gasteiger partial charge in [0.1, 0.15) is 0 Å². The Balaban J connectivity index is 2.12. The topological polar surface area (TPSA) is 46.2 Å². The molecule has 0 bridgehead atoms. The van der Waals surface area contributed by atoms with Crippen LogP contribution in [0.5, 0.6) is 0 Å². The van der Waals surface area contributed by atoms with E-state index in [-0.39, 0.29) is 0 Å². The number of aryl methyl sites for hydroxylation is 2. The zero-order valence-electron chi connectivity index (χ0n) is 8.37. The fourth-order valence-electron chi connectivity index (χ4n) is 2.11. The maximum absolute atomic E-state index is 9.43. The largest absolute Gasteiger partial charge is 0.391 e. The summed E-state index contributed by atoms with van der Waals surface area (Å²) in [5, 5.41) is 9.43. The zero-order chi connectivity index (χ0) is 9.97. The molecule has 2 rings (SSSR count). The first-order valence-corrected chi connectivity index (χ1v) is 5.28. The molecule has 1 atom stereocenters. The molecule has 0 aliphatic heterocycles. The normalized spacial score (nSPS) is 16.7. The summed E-state index contributed by atoms with van der Waals surface area (Å²) in [6.45, 7) is 0.344. The minimum atomic E-state index is -0.394. The van der Waals surface area contributed by atoms with Crippen LogP contribution in [0.25, 0.3) is 0 Å². The summed E-state index contributed by atoms with van der Waals surface area (Å²) >= 11 is 0. The van der Waals surface area contributed by atoms with Crippen LogP contribution in [0.3, 0.4) is 0 Å². The minimum Gasteiger partial charge on any atom is -0.391 e. The molecule has 0 aromatic heterocycles. The van der Waals surface area contributed by atoms with Crippen molar-refractivity contribution in [3.05, 3.63) is 34.9 Å². The van der Waals surface area contributed by atoms with E-state index in [0.717, 1.165) is 0 Å². The number of hydrogen-bond acceptors (Lipinski definition) is 2. The van der Waals surface area contributed by atoms with Crippen LogP contribution < -0.4 is 5.73 Å². The van der Waals surface area contributed by atoms with Crippen molar-refractivity contribution in [2.45, 2.75) is 31.8 Å². The van der Waals surface area contributed by atoms with E-state index in [1.165, 1.54) is 36.0 Å². The molecule has 0 radical (unpaired) electrons. The van der Waals surface area contributed by atoms with Crippen molar-refractivity contribution in [2.75, 3.05) is 6.54 Å². The summed E-state index contributed by atoms with van der Waals surface area (Å²) in [5.41, 5.74) is 9.54. The van der Waals surface area contributed by atoms with Gasteiger partial charge in [-0.2, -0.15) is 0 Å². The van der Waals surface area contributed by atoms with E-state index in [4.69, 9.17) is 5.73 Å². The number of rotatable bonds is 3. The molecule has 1 aliphatic rings. The van der Waals surface area contributed by atoms with Crippen molar-refractivity contribution < 1.29 is 5.11 Å². The van der Waals surface area contributed by atoms with Crippen LogP contribution in [0.2, 0.25) is 0 Å². The van der Waals surface area contributed by atoms with Crippen LogP contribution in [-0.2, 0) is 19.3 Å². The van der Waals surface area contributed by atoms with E-state index in [1.807, 2.05) is 0 Å². The number of aliphatic hydroxyl groups is 1. The molecule has 0 amide bonds. The van der Waals surface area contributed by atoms with E-state index in [9.17, 15) is 5.11 Å². The van der Waals surface area contributed by atoms with Gasteiger partial charge in [0.15, 0.2) is 0 Å². The Morgan fingerprint density at radius 2 is 2.07 bits per heavy atom. The smallest absolute Gasteiger partial charge is 0.0702 e. The molecule has 0 saturated carbocycles. The summed E-state index contributed by atoms with van der Waals surface area (Å²) in [4.78, 5) is 0. The quantitative estimate of drug-likeness (QED) is 0.749. The van der Waals surface area contributed by atoms with Crippen LogP contribution in [0.15, 0.2) is 18.2 Å². The van der Waals surface area contributed by atoms with Crippen molar-refractivity contribution in [3.8, 4) is 0 Å². The van der Waals surface area contributed by atoms with Gasteiger partial charge in [-0.3, -0.25) is 0 Å². The highest BCUT2D eigenvalue weighted by Gasteiger charge is 2.11. The second kappa shape index (κ2) is 4.11. The third kappa shape index (κ3) is 1.97. The highest BCUT2D eigenvalue weighted by atomic mass is 16.3. The van der Waals surface area contributed by atoms with Gasteiger partial charge in [-0.15, -0.1) is 0 Å². The molecule has 2 heteroatoms. The summed E-state index contributed by atoms with van der Waals surface area (Å²) in [6, 6.07) is 6.53. The lowest BCUT2D eigenvalue weighted by Crippen LogP contribution is -2.21. The second-order valence-corrected chi connectivity index (χ2v) is 4.05. The standard InChI is InChI=1S/C12H17NO/c13-8-12(14)7-9-4-5-10-2-1-3-11(10)6-9/h4-6,12,14H,1-3,7-8,13H2. The fourth-order valence-corrected chi connectivity index (χ4v) is 2.11. The Morgan fingerprint density at radius 3 is 2.86 bits per heavy atom. The molecular formula is C12H17NO. The molecule has 1 aromatic carbocycles. The predicted molar refractivity (Wildman–Crippen MR) is 57.2 cm³/mol. The highest BCUT2D eigenvalue weighted by molar-refractivity contribution is 5.35. The lowest BCUT2D eigenvalue weighted by molar-refractivity contribution is 0.183. The van der Waals surface area contributed by atoms with Crippen LogP contribution in [-0.4, -0.2) is 17.8 Å². The van der Waals surface area contributed by atoms with Crippen molar-refractivity contribution in [2.24, 2.45) is 5.73 Å². The molecule has 76 valence electrons. The fraction of sp³-hybridized carbons (Fsp3) is 0.500. The van der Waals surface area contributed by atoms with Gasteiger partial charge in [0.05, 0.1) is 6.10 Å². The Kier molecular flexibility index (Phi) is 2.85. The van der Waals surface area contributed by atoms with Crippen molar-refractivity contribution in [1.82, 2.24) is 0 Å². The molecule has 0 heterocycles. The van der Waals surface area contributed by atoms with E-state index in [2.05, 4.69) is 18.2 Å². The van der Waals surface area contributed by atoms with Gasteiger partial charge in [-0.25, -0.2) is 0 Å². The minimum absolute atomic E-state index is 0.344. The SMILES string of the molecule is NCC(O)Cc1ccc2c(c1)CCC2. The van der Waals surface area contributed by atoms with E-state index >= 15 is 0 Å². The van der Waals surface area contributed by atoms with Gasteiger partial charge >= 0.3 is 0 Å². The number of hydrogen-bond donors (Lipinski definition) is 2. The molecule has 2 nitrogen and oxygen atoms in total. The van der Waals surface area contributed by atoms with E-state index in [1.54, 1.807) is 0 Å². The summed E-state index contributed by atoms with van der Waals surface area (Å²) in [6.07, 6.45) is 3.98. The lowest BCUT2D eigenvalue weighted by atomic mass is 10.0. The first-order chi connectivity index (χ1) is 6.79. The van der Waals surface area contributed by atoms with Crippen molar-refractivity contribution in [3.63, 3.8) is 0 Å². The monoisotopic (exact) mass is 191 g/mol. The first kappa shape index (κ1) is 9.69. The average Bonchev–Trinajstić information content (AvgIpc) is 2.64. The maximum atomic E-state index is 9.43. The molecule has 1 unspecified atom stereocenters. The molecule has 1 aromatic rings. The van der Waals surface area contributed by atoms with Gasteiger partial charge in [0.2, 0.25) is 0 Å². The summed E-state index contributed by atoms with van der Waals surface area (Å²) in [7, 11) is 0. The Morgan fingerprint density at radius 1 is 1.29 bits per heavy atom. The van der Waals surface area contributed by atoms with Crippen molar-refractivity contribution >= 4 is 0 Å². The average molecular weight is 191 g/mol. The third-order valence-electron chi connectivity index (χ3n) is 2.91. The molecule has 0 fully saturated rings. The van der Waals surface area contributed by atoms with Crippen LogP contribution in [0, 0.1) is 0 Å². The number of benzene rings is 1. The number of aliphatic hydroxyl groups excluding tert-OH is 1. The molecule has 0 saturated heterocycles. The van der Waals surface area contributed by atoms with Gasteiger partial charge < -0.3 is 10.8 Å². The molecule has 0 spiro atoms. The highest BCUT2D eigenvalue weighted by Crippen LogP contribution is 2.23. The van der Waals surface area contributed by atoms with Gasteiger partial charge in [0.25, 0.3) is 0 Å². The maximum Gasteiger partial charge on any atom is 0.0702 e. The summed E-state index contributed by atoms with van der Waals surface area (Å²) < 4.78 is 0.